The first kappa shape index (κ1) is 16.9. The molecule has 0 aliphatic carbocycles. The molecule has 1 heteroatoms. The molecule has 0 aromatic heterocycles. The van der Waals surface area contributed by atoms with Crippen LogP contribution in [0.2, 0.25) is 0 Å². The lowest BCUT2D eigenvalue weighted by Gasteiger charge is -2.09. The van der Waals surface area contributed by atoms with E-state index in [0.29, 0.717) is 0 Å². The molecule has 1 aromatic rings. The second kappa shape index (κ2) is 8.91. The molecule has 0 heterocycles. The van der Waals surface area contributed by atoms with Crippen LogP contribution in [0.3, 0.4) is 0 Å². The largest absolute Gasteiger partial charge is 0.288 e. The van der Waals surface area contributed by atoms with Crippen molar-refractivity contribution in [3.05, 3.63) is 83.5 Å². The highest BCUT2D eigenvalue weighted by Crippen LogP contribution is 2.17. The maximum Gasteiger partial charge on any atom is 0.0669 e. The molecule has 0 aliphatic rings. The van der Waals surface area contributed by atoms with E-state index in [1.54, 1.807) is 0 Å². The number of nitrogens with zero attached hydrogens (tertiary/aromatic N) is 1. The van der Waals surface area contributed by atoms with Gasteiger partial charge in [0, 0.05) is 7.05 Å². The van der Waals surface area contributed by atoms with Crippen molar-refractivity contribution in [2.75, 3.05) is 7.05 Å². The van der Waals surface area contributed by atoms with Crippen LogP contribution in [0.4, 0.5) is 0 Å². The molecular weight excluding hydrogens is 254 g/mol. The zero-order valence-corrected chi connectivity index (χ0v) is 13.6. The molecule has 0 spiro atoms. The minimum absolute atomic E-state index is 0.889. The van der Waals surface area contributed by atoms with Gasteiger partial charge in [-0.3, -0.25) is 4.99 Å². The van der Waals surface area contributed by atoms with Gasteiger partial charge in [0.25, 0.3) is 0 Å². The van der Waals surface area contributed by atoms with E-state index in [9.17, 15) is 0 Å². The molecule has 1 aromatic carbocycles. The van der Waals surface area contributed by atoms with E-state index >= 15 is 0 Å². The van der Waals surface area contributed by atoms with Crippen LogP contribution in [0.1, 0.15) is 32.8 Å². The van der Waals surface area contributed by atoms with Crippen molar-refractivity contribution in [3.8, 4) is 0 Å². The first-order valence-electron chi connectivity index (χ1n) is 7.28. The summed E-state index contributed by atoms with van der Waals surface area (Å²) >= 11 is 0. The average molecular weight is 279 g/mol. The summed E-state index contributed by atoms with van der Waals surface area (Å²) in [7, 11) is 1.84. The molecule has 1 nitrogen and oxygen atoms in total. The molecule has 0 aliphatic heterocycles. The molecule has 0 N–H and O–H groups in total. The smallest absolute Gasteiger partial charge is 0.0669 e. The molecule has 0 fully saturated rings. The van der Waals surface area contributed by atoms with Crippen molar-refractivity contribution in [2.24, 2.45) is 4.99 Å². The Morgan fingerprint density at radius 2 is 1.81 bits per heavy atom. The summed E-state index contributed by atoms with van der Waals surface area (Å²) in [6, 6.07) is 10.3. The van der Waals surface area contributed by atoms with Crippen molar-refractivity contribution in [1.82, 2.24) is 0 Å². The third-order valence-corrected chi connectivity index (χ3v) is 3.53. The van der Waals surface area contributed by atoms with E-state index in [0.717, 1.165) is 17.7 Å². The second-order valence-electron chi connectivity index (χ2n) is 4.93. The predicted molar refractivity (Wildman–Crippen MR) is 95.0 cm³/mol. The fourth-order valence-electron chi connectivity index (χ4n) is 2.18. The van der Waals surface area contributed by atoms with E-state index < -0.39 is 0 Å². The molecule has 0 amide bonds. The van der Waals surface area contributed by atoms with Crippen molar-refractivity contribution in [1.29, 1.82) is 0 Å². The van der Waals surface area contributed by atoms with Gasteiger partial charge in [-0.25, -0.2) is 0 Å². The third-order valence-electron chi connectivity index (χ3n) is 3.53. The monoisotopic (exact) mass is 279 g/mol. The Balaban J connectivity index is 2.98. The molecule has 1 rings (SSSR count). The van der Waals surface area contributed by atoms with Gasteiger partial charge in [0.05, 0.1) is 5.71 Å². The van der Waals surface area contributed by atoms with Gasteiger partial charge in [0.2, 0.25) is 0 Å². The van der Waals surface area contributed by atoms with E-state index in [4.69, 9.17) is 0 Å². The van der Waals surface area contributed by atoms with Crippen LogP contribution in [-0.2, 0) is 0 Å². The number of aliphatic imine (C=N–C) groups is 1. The van der Waals surface area contributed by atoms with Crippen LogP contribution in [0.5, 0.6) is 0 Å². The molecule has 0 radical (unpaired) electrons. The van der Waals surface area contributed by atoms with Crippen LogP contribution in [0.25, 0.3) is 0 Å². The number of allylic oxidation sites excluding steroid dienone is 7. The topological polar surface area (TPSA) is 12.4 Å². The molecule has 110 valence electrons. The van der Waals surface area contributed by atoms with Crippen LogP contribution in [0, 0.1) is 0 Å². The molecule has 0 saturated carbocycles. The number of rotatable bonds is 6. The van der Waals surface area contributed by atoms with Gasteiger partial charge >= 0.3 is 0 Å². The summed E-state index contributed by atoms with van der Waals surface area (Å²) in [4.78, 5) is 4.44. The van der Waals surface area contributed by atoms with Gasteiger partial charge < -0.3 is 0 Å². The number of hydrogen-bond acceptors (Lipinski definition) is 1. The molecule has 0 saturated heterocycles. The lowest BCUT2D eigenvalue weighted by Crippen LogP contribution is -2.02. The first-order valence-corrected chi connectivity index (χ1v) is 7.28. The van der Waals surface area contributed by atoms with Gasteiger partial charge in [-0.15, -0.1) is 0 Å². The van der Waals surface area contributed by atoms with Crippen molar-refractivity contribution in [2.45, 2.75) is 27.2 Å². The van der Waals surface area contributed by atoms with Gasteiger partial charge in [-0.2, -0.15) is 0 Å². The molecule has 0 unspecified atom stereocenters. The zero-order chi connectivity index (χ0) is 15.7. The van der Waals surface area contributed by atoms with E-state index in [-0.39, 0.29) is 0 Å². The Morgan fingerprint density at radius 3 is 2.33 bits per heavy atom. The molecule has 0 atom stereocenters. The minimum Gasteiger partial charge on any atom is -0.288 e. The molecule has 21 heavy (non-hydrogen) atoms. The Bertz CT molecular complexity index is 584. The fraction of sp³-hybridized carbons (Fsp3) is 0.250. The Hall–Kier alpha value is -2.15. The lowest BCUT2D eigenvalue weighted by atomic mass is 9.98. The predicted octanol–water partition coefficient (Wildman–Crippen LogP) is 5.52. The highest BCUT2D eigenvalue weighted by molar-refractivity contribution is 6.12. The number of hydrogen-bond donors (Lipinski definition) is 0. The van der Waals surface area contributed by atoms with Crippen LogP contribution in [0.15, 0.2) is 82.9 Å². The number of benzene rings is 1. The minimum atomic E-state index is 0.889. The fourth-order valence-corrected chi connectivity index (χ4v) is 2.18. The normalized spacial score (nSPS) is 14.3. The van der Waals surface area contributed by atoms with E-state index in [1.165, 1.54) is 16.7 Å². The quantitative estimate of drug-likeness (QED) is 0.480. The van der Waals surface area contributed by atoms with Crippen LogP contribution >= 0.6 is 0 Å². The Morgan fingerprint density at radius 1 is 1.14 bits per heavy atom. The lowest BCUT2D eigenvalue weighted by molar-refractivity contribution is 1.18. The van der Waals surface area contributed by atoms with Crippen molar-refractivity contribution < 1.29 is 0 Å². The summed E-state index contributed by atoms with van der Waals surface area (Å²) < 4.78 is 0. The van der Waals surface area contributed by atoms with Crippen LogP contribution in [-0.4, -0.2) is 12.8 Å². The van der Waals surface area contributed by atoms with Crippen LogP contribution < -0.4 is 0 Å². The van der Waals surface area contributed by atoms with Gasteiger partial charge in [0.1, 0.15) is 0 Å². The summed E-state index contributed by atoms with van der Waals surface area (Å²) in [5, 5.41) is 0. The highest BCUT2D eigenvalue weighted by atomic mass is 14.7. The summed E-state index contributed by atoms with van der Waals surface area (Å²) in [5.41, 5.74) is 5.98. The molecule has 0 bridgehead atoms. The standard InChI is InChI=1S/C20H25N/c1-6-11-18(16(3)7-2)15-14-17(4)20(21-5)19-12-9-8-10-13-19/h6-14H,1,15H2,2-5H3/b16-7-,17-14-,18-11-,21-20?. The zero-order valence-electron chi connectivity index (χ0n) is 13.6. The van der Waals surface area contributed by atoms with E-state index in [1.807, 2.05) is 31.3 Å². The Kier molecular flexibility index (Phi) is 7.17. The van der Waals surface area contributed by atoms with Crippen molar-refractivity contribution in [3.63, 3.8) is 0 Å². The summed E-state index contributed by atoms with van der Waals surface area (Å²) in [5.74, 6) is 0. The highest BCUT2D eigenvalue weighted by Gasteiger charge is 2.05. The van der Waals surface area contributed by atoms with Crippen molar-refractivity contribution >= 4 is 5.71 Å². The average Bonchev–Trinajstić information content (AvgIpc) is 2.52. The SMILES string of the molecule is C=C/C=C(C/C=C(/C)C(=NC)c1ccccc1)\C(C)=C/C. The molecular formula is C20H25N. The maximum absolute atomic E-state index is 4.44. The summed E-state index contributed by atoms with van der Waals surface area (Å²) in [6.07, 6.45) is 9.17. The second-order valence-corrected chi connectivity index (χ2v) is 4.93. The van der Waals surface area contributed by atoms with Gasteiger partial charge in [-0.1, -0.05) is 66.8 Å². The first-order chi connectivity index (χ1) is 10.1. The van der Waals surface area contributed by atoms with E-state index in [2.05, 4.69) is 62.7 Å². The summed E-state index contributed by atoms with van der Waals surface area (Å²) in [6.45, 7) is 10.1. The van der Waals surface area contributed by atoms with Gasteiger partial charge in [-0.05, 0) is 43.9 Å². The Labute approximate surface area is 129 Å². The third kappa shape index (κ3) is 5.03. The maximum atomic E-state index is 4.44. The van der Waals surface area contributed by atoms with Gasteiger partial charge in [0.15, 0.2) is 0 Å².